The van der Waals surface area contributed by atoms with Crippen LogP contribution in [0.2, 0.25) is 0 Å². The number of hydrogen-bond acceptors (Lipinski definition) is 3. The van der Waals surface area contributed by atoms with Crippen molar-refractivity contribution in [2.45, 2.75) is 13.5 Å². The van der Waals surface area contributed by atoms with E-state index in [1.54, 1.807) is 12.1 Å². The third kappa shape index (κ3) is 2.50. The van der Waals surface area contributed by atoms with E-state index in [-0.39, 0.29) is 12.3 Å². The Morgan fingerprint density at radius 2 is 1.82 bits per heavy atom. The Hall–Kier alpha value is -2.16. The highest BCUT2D eigenvalue weighted by molar-refractivity contribution is 5.68. The van der Waals surface area contributed by atoms with Crippen LogP contribution in [-0.4, -0.2) is 5.11 Å². The second-order valence-electron chi connectivity index (χ2n) is 3.98. The van der Waals surface area contributed by atoms with Crippen LogP contribution >= 0.6 is 0 Å². The van der Waals surface area contributed by atoms with Crippen LogP contribution < -0.4 is 0 Å². The van der Waals surface area contributed by atoms with E-state index >= 15 is 0 Å². The molecule has 2 rings (SSSR count). The van der Waals surface area contributed by atoms with Crippen LogP contribution in [0.25, 0.3) is 11.1 Å². The van der Waals surface area contributed by atoms with E-state index in [9.17, 15) is 10.0 Å². The lowest BCUT2D eigenvalue weighted by molar-refractivity contribution is 0.475. The van der Waals surface area contributed by atoms with Gasteiger partial charge in [-0.25, -0.2) is 0 Å². The minimum absolute atomic E-state index is 0.205. The van der Waals surface area contributed by atoms with Gasteiger partial charge in [0.2, 0.25) is 0 Å². The Bertz CT molecular complexity index is 532. The molecule has 17 heavy (non-hydrogen) atoms. The molecular formula is C14H13NO2. The molecule has 0 saturated heterocycles. The van der Waals surface area contributed by atoms with Gasteiger partial charge in [0.25, 0.3) is 0 Å². The van der Waals surface area contributed by atoms with Gasteiger partial charge in [0, 0.05) is 0 Å². The van der Waals surface area contributed by atoms with Crippen molar-refractivity contribution >= 4 is 0 Å². The molecule has 0 heterocycles. The third-order valence-electron chi connectivity index (χ3n) is 2.72. The molecule has 0 atom stereocenters. The second-order valence-corrected chi connectivity index (χ2v) is 3.98. The summed E-state index contributed by atoms with van der Waals surface area (Å²) in [5, 5.41) is 12.1. The van der Waals surface area contributed by atoms with Crippen LogP contribution in [0.1, 0.15) is 11.1 Å². The standard InChI is InChI=1S/C14H13NO2/c1-10-8-11(9-15-17)2-7-14(10)12-3-5-13(16)6-4-12/h2-8,16H,9H2,1H3. The van der Waals surface area contributed by atoms with Gasteiger partial charge >= 0.3 is 0 Å². The first kappa shape index (κ1) is 11.3. The Morgan fingerprint density at radius 1 is 1.12 bits per heavy atom. The summed E-state index contributed by atoms with van der Waals surface area (Å²) in [6, 6.07) is 12.9. The highest BCUT2D eigenvalue weighted by Crippen LogP contribution is 2.26. The molecule has 2 aromatic rings. The van der Waals surface area contributed by atoms with Gasteiger partial charge in [0.05, 0.1) is 0 Å². The topological polar surface area (TPSA) is 49.7 Å². The van der Waals surface area contributed by atoms with Crippen molar-refractivity contribution < 1.29 is 5.11 Å². The van der Waals surface area contributed by atoms with Crippen LogP contribution in [-0.2, 0) is 6.54 Å². The molecule has 0 aliphatic carbocycles. The fourth-order valence-electron chi connectivity index (χ4n) is 1.86. The van der Waals surface area contributed by atoms with Crippen molar-refractivity contribution in [1.29, 1.82) is 0 Å². The minimum Gasteiger partial charge on any atom is -0.508 e. The van der Waals surface area contributed by atoms with Crippen LogP contribution in [0.15, 0.2) is 47.6 Å². The van der Waals surface area contributed by atoms with Gasteiger partial charge < -0.3 is 5.11 Å². The summed E-state index contributed by atoms with van der Waals surface area (Å²) in [4.78, 5) is 10.2. The molecule has 0 aromatic heterocycles. The zero-order valence-corrected chi connectivity index (χ0v) is 9.55. The molecule has 0 radical (unpaired) electrons. The van der Waals surface area contributed by atoms with Crippen molar-refractivity contribution in [1.82, 2.24) is 0 Å². The Kier molecular flexibility index (Phi) is 3.19. The van der Waals surface area contributed by atoms with E-state index in [0.29, 0.717) is 0 Å². The maximum absolute atomic E-state index is 10.2. The van der Waals surface area contributed by atoms with Gasteiger partial charge in [-0.15, -0.1) is 0 Å². The number of nitroso groups, excluding NO2 is 1. The summed E-state index contributed by atoms with van der Waals surface area (Å²) >= 11 is 0. The molecule has 0 unspecified atom stereocenters. The molecule has 0 saturated carbocycles. The molecule has 0 bridgehead atoms. The molecule has 3 heteroatoms. The zero-order valence-electron chi connectivity index (χ0n) is 9.55. The van der Waals surface area contributed by atoms with Gasteiger partial charge in [0.1, 0.15) is 12.3 Å². The number of aromatic hydroxyl groups is 1. The van der Waals surface area contributed by atoms with Crippen LogP contribution in [0.5, 0.6) is 5.75 Å². The maximum atomic E-state index is 10.2. The summed E-state index contributed by atoms with van der Waals surface area (Å²) in [6.07, 6.45) is 0. The summed E-state index contributed by atoms with van der Waals surface area (Å²) in [6.45, 7) is 2.20. The molecule has 86 valence electrons. The summed E-state index contributed by atoms with van der Waals surface area (Å²) in [5.41, 5.74) is 4.16. The van der Waals surface area contributed by atoms with Crippen LogP contribution in [0.3, 0.4) is 0 Å². The second kappa shape index (κ2) is 4.78. The zero-order chi connectivity index (χ0) is 12.3. The molecule has 0 amide bonds. The highest BCUT2D eigenvalue weighted by Gasteiger charge is 2.03. The number of hydrogen-bond donors (Lipinski definition) is 1. The van der Waals surface area contributed by atoms with E-state index in [1.165, 1.54) is 0 Å². The summed E-state index contributed by atoms with van der Waals surface area (Å²) < 4.78 is 0. The normalized spacial score (nSPS) is 10.2. The lowest BCUT2D eigenvalue weighted by atomic mass is 9.98. The average molecular weight is 227 g/mol. The lowest BCUT2D eigenvalue weighted by Gasteiger charge is -2.07. The molecule has 1 N–H and O–H groups in total. The predicted octanol–water partition coefficient (Wildman–Crippen LogP) is 3.63. The molecule has 2 aromatic carbocycles. The van der Waals surface area contributed by atoms with Gasteiger partial charge in [-0.2, -0.15) is 4.91 Å². The smallest absolute Gasteiger partial charge is 0.115 e. The van der Waals surface area contributed by atoms with E-state index in [4.69, 9.17) is 0 Å². The molecule has 0 aliphatic heterocycles. The van der Waals surface area contributed by atoms with Crippen molar-refractivity contribution in [2.75, 3.05) is 0 Å². The predicted molar refractivity (Wildman–Crippen MR) is 67.8 cm³/mol. The number of rotatable bonds is 3. The first-order chi connectivity index (χ1) is 8.20. The number of phenols is 1. The largest absolute Gasteiger partial charge is 0.508 e. The van der Waals surface area contributed by atoms with Crippen LogP contribution in [0.4, 0.5) is 0 Å². The lowest BCUT2D eigenvalue weighted by Crippen LogP contribution is -1.87. The number of phenolic OH excluding ortho intramolecular Hbond substituents is 1. The molecule has 0 aliphatic rings. The van der Waals surface area contributed by atoms with Crippen molar-refractivity contribution in [3.05, 3.63) is 58.5 Å². The van der Waals surface area contributed by atoms with Crippen molar-refractivity contribution in [2.24, 2.45) is 5.18 Å². The van der Waals surface area contributed by atoms with E-state index < -0.39 is 0 Å². The molecule has 0 spiro atoms. The molecular weight excluding hydrogens is 214 g/mol. The quantitative estimate of drug-likeness (QED) is 0.814. The SMILES string of the molecule is Cc1cc(CN=O)ccc1-c1ccc(O)cc1. The van der Waals surface area contributed by atoms with Crippen LogP contribution in [0, 0.1) is 11.8 Å². The Labute approximate surface area is 99.7 Å². The van der Waals surface area contributed by atoms with Crippen molar-refractivity contribution in [3.8, 4) is 16.9 Å². The summed E-state index contributed by atoms with van der Waals surface area (Å²) in [5.74, 6) is 0.258. The molecule has 0 fully saturated rings. The number of nitrogens with zero attached hydrogens (tertiary/aromatic N) is 1. The number of aryl methyl sites for hydroxylation is 1. The first-order valence-corrected chi connectivity index (χ1v) is 5.39. The van der Waals surface area contributed by atoms with Gasteiger partial charge in [-0.3, -0.25) is 0 Å². The van der Waals surface area contributed by atoms with E-state index in [1.807, 2.05) is 37.3 Å². The monoisotopic (exact) mass is 227 g/mol. The maximum Gasteiger partial charge on any atom is 0.115 e. The summed E-state index contributed by atoms with van der Waals surface area (Å²) in [7, 11) is 0. The van der Waals surface area contributed by atoms with Gasteiger partial charge in [-0.1, -0.05) is 35.5 Å². The fourth-order valence-corrected chi connectivity index (χ4v) is 1.86. The van der Waals surface area contributed by atoms with Crippen molar-refractivity contribution in [3.63, 3.8) is 0 Å². The Balaban J connectivity index is 2.39. The number of benzene rings is 2. The Morgan fingerprint density at radius 3 is 2.41 bits per heavy atom. The van der Waals surface area contributed by atoms with Gasteiger partial charge in [-0.05, 0) is 41.3 Å². The van der Waals surface area contributed by atoms with E-state index in [2.05, 4.69) is 5.18 Å². The van der Waals surface area contributed by atoms with E-state index in [0.717, 1.165) is 22.3 Å². The third-order valence-corrected chi connectivity index (χ3v) is 2.72. The fraction of sp³-hybridized carbons (Fsp3) is 0.143. The first-order valence-electron chi connectivity index (χ1n) is 5.39. The average Bonchev–Trinajstić information content (AvgIpc) is 2.31. The minimum atomic E-state index is 0.205. The van der Waals surface area contributed by atoms with Gasteiger partial charge in [0.15, 0.2) is 0 Å². The highest BCUT2D eigenvalue weighted by atomic mass is 16.3. The molecule has 3 nitrogen and oxygen atoms in total.